The van der Waals surface area contributed by atoms with E-state index in [9.17, 15) is 19.1 Å². The lowest BCUT2D eigenvalue weighted by Crippen LogP contribution is -2.37. The molecule has 3 aromatic rings. The number of hydrogen-bond acceptors (Lipinski definition) is 6. The molecule has 5 rings (SSSR count). The number of carbonyl (C=O) groups is 2. The fraction of sp³-hybridized carbons (Fsp3) is 0.167. The second-order valence-corrected chi connectivity index (χ2v) is 7.58. The van der Waals surface area contributed by atoms with Gasteiger partial charge in [-0.25, -0.2) is 14.4 Å². The van der Waals surface area contributed by atoms with Gasteiger partial charge in [-0.05, 0) is 54.1 Å². The normalized spacial score (nSPS) is 22.4. The summed E-state index contributed by atoms with van der Waals surface area (Å²) in [4.78, 5) is 33.8. The molecular formula is C24H19FN2O5. The van der Waals surface area contributed by atoms with Gasteiger partial charge in [0, 0.05) is 0 Å². The van der Waals surface area contributed by atoms with Crippen LogP contribution in [0.3, 0.4) is 0 Å². The van der Waals surface area contributed by atoms with Gasteiger partial charge >= 0.3 is 0 Å². The van der Waals surface area contributed by atoms with Gasteiger partial charge in [-0.1, -0.05) is 24.3 Å². The highest BCUT2D eigenvalue weighted by molar-refractivity contribution is 6.23. The van der Waals surface area contributed by atoms with Gasteiger partial charge in [-0.2, -0.15) is 0 Å². The average Bonchev–Trinajstić information content (AvgIpc) is 3.32. The van der Waals surface area contributed by atoms with Crippen LogP contribution < -0.4 is 14.7 Å². The summed E-state index contributed by atoms with van der Waals surface area (Å²) < 4.78 is 18.6. The molecule has 0 unspecified atom stereocenters. The van der Waals surface area contributed by atoms with Crippen LogP contribution in [0.25, 0.3) is 0 Å². The molecule has 2 saturated heterocycles. The van der Waals surface area contributed by atoms with E-state index in [1.807, 2.05) is 30.3 Å². The highest BCUT2D eigenvalue weighted by atomic mass is 19.1. The number of halogens is 1. The standard InChI is InChI=1S/C24H19FN2O5/c1-31-19-13-14(7-12-18(19)28)21-20-22(32-27(21)17-5-3-2-4-6-17)24(30)26(23(20)29)16-10-8-15(25)9-11-16/h2-13,20-22,28H,1H3/t20-,21-,22-/m1/s1. The van der Waals surface area contributed by atoms with Gasteiger partial charge in [0.1, 0.15) is 11.7 Å². The number of imide groups is 1. The maximum absolute atomic E-state index is 13.5. The molecule has 0 radical (unpaired) electrons. The van der Waals surface area contributed by atoms with Crippen LogP contribution >= 0.6 is 0 Å². The lowest BCUT2D eigenvalue weighted by Gasteiger charge is -2.29. The molecule has 0 aliphatic carbocycles. The zero-order valence-corrected chi connectivity index (χ0v) is 17.0. The minimum absolute atomic E-state index is 0.0419. The number of ether oxygens (including phenoxy) is 1. The van der Waals surface area contributed by atoms with Gasteiger partial charge < -0.3 is 9.84 Å². The SMILES string of the molecule is COc1cc([C@@H]2[C@H]3C(=O)N(c4ccc(F)cc4)C(=O)[C@@H]3ON2c2ccccc2)ccc1O. The van der Waals surface area contributed by atoms with E-state index >= 15 is 0 Å². The summed E-state index contributed by atoms with van der Waals surface area (Å²) in [6, 6.07) is 18.4. The Balaban J connectivity index is 1.60. The van der Waals surface area contributed by atoms with Gasteiger partial charge in [0.25, 0.3) is 5.91 Å². The first-order valence-corrected chi connectivity index (χ1v) is 10.0. The van der Waals surface area contributed by atoms with Crippen LogP contribution in [0.4, 0.5) is 15.8 Å². The van der Waals surface area contributed by atoms with E-state index in [2.05, 4.69) is 0 Å². The number of phenols is 1. The third kappa shape index (κ3) is 3.07. The fourth-order valence-corrected chi connectivity index (χ4v) is 4.28. The number of anilines is 2. The first kappa shape index (κ1) is 20.0. The fourth-order valence-electron chi connectivity index (χ4n) is 4.28. The largest absolute Gasteiger partial charge is 0.504 e. The summed E-state index contributed by atoms with van der Waals surface area (Å²) in [7, 11) is 1.43. The van der Waals surface area contributed by atoms with Crippen molar-refractivity contribution in [3.05, 3.63) is 84.2 Å². The third-order valence-corrected chi connectivity index (χ3v) is 5.76. The number of phenolic OH excluding ortho intramolecular Hbond substituents is 1. The lowest BCUT2D eigenvalue weighted by molar-refractivity contribution is -0.126. The summed E-state index contributed by atoms with van der Waals surface area (Å²) in [5.41, 5.74) is 1.60. The van der Waals surface area contributed by atoms with Gasteiger partial charge in [-0.3, -0.25) is 14.4 Å². The predicted molar refractivity (Wildman–Crippen MR) is 114 cm³/mol. The molecule has 32 heavy (non-hydrogen) atoms. The van der Waals surface area contributed by atoms with Crippen molar-refractivity contribution < 1.29 is 28.7 Å². The highest BCUT2D eigenvalue weighted by Crippen LogP contribution is 2.48. The van der Waals surface area contributed by atoms with Gasteiger partial charge in [0.05, 0.1) is 24.5 Å². The number of benzene rings is 3. The van der Waals surface area contributed by atoms with Crippen LogP contribution in [0.15, 0.2) is 72.8 Å². The Morgan fingerprint density at radius 2 is 1.66 bits per heavy atom. The van der Waals surface area contributed by atoms with Crippen molar-refractivity contribution in [1.82, 2.24) is 0 Å². The number of nitrogens with zero attached hydrogens (tertiary/aromatic N) is 2. The minimum Gasteiger partial charge on any atom is -0.504 e. The van der Waals surface area contributed by atoms with Crippen molar-refractivity contribution in [1.29, 1.82) is 0 Å². The van der Waals surface area contributed by atoms with E-state index in [1.54, 1.807) is 17.2 Å². The molecule has 2 fully saturated rings. The van der Waals surface area contributed by atoms with Crippen molar-refractivity contribution in [2.75, 3.05) is 17.1 Å². The van der Waals surface area contributed by atoms with Crippen LogP contribution in [0.1, 0.15) is 11.6 Å². The first-order chi connectivity index (χ1) is 15.5. The molecule has 7 nitrogen and oxygen atoms in total. The molecular weight excluding hydrogens is 415 g/mol. The minimum atomic E-state index is -1.04. The Morgan fingerprint density at radius 1 is 0.938 bits per heavy atom. The van der Waals surface area contributed by atoms with Crippen molar-refractivity contribution in [3.63, 3.8) is 0 Å². The Labute approximate surface area is 183 Å². The Bertz CT molecular complexity index is 1180. The second kappa shape index (κ2) is 7.65. The monoisotopic (exact) mass is 434 g/mol. The molecule has 0 spiro atoms. The Morgan fingerprint density at radius 3 is 2.34 bits per heavy atom. The maximum atomic E-state index is 13.5. The summed E-state index contributed by atoms with van der Waals surface area (Å²) in [6.07, 6.45) is -1.04. The molecule has 2 aliphatic heterocycles. The van der Waals surface area contributed by atoms with E-state index in [1.165, 1.54) is 37.4 Å². The lowest BCUT2D eigenvalue weighted by atomic mass is 9.90. The van der Waals surface area contributed by atoms with E-state index < -0.39 is 35.7 Å². The number of carbonyl (C=O) groups excluding carboxylic acids is 2. The van der Waals surface area contributed by atoms with Gasteiger partial charge in [-0.15, -0.1) is 0 Å². The van der Waals surface area contributed by atoms with Crippen LogP contribution in [0.5, 0.6) is 11.5 Å². The quantitative estimate of drug-likeness (QED) is 0.633. The van der Waals surface area contributed by atoms with Crippen LogP contribution in [0, 0.1) is 11.7 Å². The van der Waals surface area contributed by atoms with E-state index in [0.717, 1.165) is 4.90 Å². The number of fused-ring (bicyclic) bond motifs is 1. The van der Waals surface area contributed by atoms with E-state index in [4.69, 9.17) is 9.57 Å². The summed E-state index contributed by atoms with van der Waals surface area (Å²) in [6.45, 7) is 0. The molecule has 1 N–H and O–H groups in total. The highest BCUT2D eigenvalue weighted by Gasteiger charge is 2.60. The summed E-state index contributed by atoms with van der Waals surface area (Å²) >= 11 is 0. The Hall–Kier alpha value is -3.91. The molecule has 8 heteroatoms. The summed E-state index contributed by atoms with van der Waals surface area (Å²) in [5.74, 6) is -2.07. The molecule has 3 atom stereocenters. The zero-order valence-electron chi connectivity index (χ0n) is 17.0. The van der Waals surface area contributed by atoms with Crippen molar-refractivity contribution in [3.8, 4) is 11.5 Å². The van der Waals surface area contributed by atoms with E-state index in [0.29, 0.717) is 11.3 Å². The number of hydroxylamine groups is 1. The molecule has 0 saturated carbocycles. The third-order valence-electron chi connectivity index (χ3n) is 5.76. The molecule has 162 valence electrons. The second-order valence-electron chi connectivity index (χ2n) is 7.58. The smallest absolute Gasteiger partial charge is 0.266 e. The topological polar surface area (TPSA) is 79.3 Å². The maximum Gasteiger partial charge on any atom is 0.266 e. The van der Waals surface area contributed by atoms with Gasteiger partial charge in [0.2, 0.25) is 5.91 Å². The van der Waals surface area contributed by atoms with Crippen molar-refractivity contribution in [2.24, 2.45) is 5.92 Å². The molecule has 2 aliphatic rings. The molecule has 0 aromatic heterocycles. The predicted octanol–water partition coefficient (Wildman–Crippen LogP) is 3.59. The van der Waals surface area contributed by atoms with Crippen LogP contribution in [0.2, 0.25) is 0 Å². The molecule has 2 heterocycles. The van der Waals surface area contributed by atoms with Crippen LogP contribution in [-0.2, 0) is 14.4 Å². The number of hydrogen-bond donors (Lipinski definition) is 1. The number of amides is 2. The number of rotatable bonds is 4. The van der Waals surface area contributed by atoms with Crippen molar-refractivity contribution >= 4 is 23.2 Å². The molecule has 2 amide bonds. The Kier molecular flexibility index (Phi) is 4.79. The average molecular weight is 434 g/mol. The van der Waals surface area contributed by atoms with Gasteiger partial charge in [0.15, 0.2) is 17.6 Å². The summed E-state index contributed by atoms with van der Waals surface area (Å²) in [5, 5.41) is 11.6. The zero-order chi connectivity index (χ0) is 22.4. The number of para-hydroxylation sites is 1. The van der Waals surface area contributed by atoms with E-state index in [-0.39, 0.29) is 17.2 Å². The van der Waals surface area contributed by atoms with Crippen LogP contribution in [-0.4, -0.2) is 30.1 Å². The molecule has 0 bridgehead atoms. The number of methoxy groups -OCH3 is 1. The first-order valence-electron chi connectivity index (χ1n) is 10.0. The number of aromatic hydroxyl groups is 1. The molecule has 3 aromatic carbocycles. The van der Waals surface area contributed by atoms with Crippen molar-refractivity contribution in [2.45, 2.75) is 12.1 Å².